The third-order valence-electron chi connectivity index (χ3n) is 6.89. The Kier molecular flexibility index (Phi) is 10.3. The number of unbranched alkanes of at least 4 members (excludes halogenated alkanes) is 3. The van der Waals surface area contributed by atoms with Gasteiger partial charge in [0.1, 0.15) is 12.1 Å². The zero-order valence-corrected chi connectivity index (χ0v) is 22.3. The van der Waals surface area contributed by atoms with Crippen molar-refractivity contribution in [3.05, 3.63) is 65.2 Å². The van der Waals surface area contributed by atoms with Crippen molar-refractivity contribution in [3.63, 3.8) is 0 Å². The van der Waals surface area contributed by atoms with Crippen LogP contribution >= 0.6 is 8.69 Å². The summed E-state index contributed by atoms with van der Waals surface area (Å²) in [5.74, 6) is -0.269. The maximum absolute atomic E-state index is 13.6. The fraction of sp³-hybridized carbons (Fsp3) is 0.481. The van der Waals surface area contributed by atoms with Crippen LogP contribution in [-0.2, 0) is 25.2 Å². The van der Waals surface area contributed by atoms with Gasteiger partial charge in [-0.1, -0.05) is 60.5 Å². The summed E-state index contributed by atoms with van der Waals surface area (Å²) in [5.41, 5.74) is 3.69. The standard InChI is InChI=1S/C27H34N5O5P/c33-17-16-32-27-22-11-5-6-12-23(22)31(19-20-9-3-4-10-21(20)26(27)29-30-32)25(35)14-13-24(34)28-15-7-1-2-8-18-37-38-36/h3-6,9-12,26-27,33H,1-2,7-8,13-19H2,(H,28,34). The normalized spacial score (nSPS) is 17.9. The van der Waals surface area contributed by atoms with E-state index in [2.05, 4.69) is 15.7 Å². The topological polar surface area (TPSA) is 124 Å². The number of rotatable bonds is 13. The summed E-state index contributed by atoms with van der Waals surface area (Å²) in [7, 11) is -0.289. The number of nitrogens with zero attached hydrogens (tertiary/aromatic N) is 4. The number of para-hydroxylation sites is 1. The van der Waals surface area contributed by atoms with E-state index in [0.29, 0.717) is 26.2 Å². The molecule has 0 radical (unpaired) electrons. The number of amides is 2. The first-order valence-corrected chi connectivity index (χ1v) is 13.8. The van der Waals surface area contributed by atoms with Crippen LogP contribution in [0.2, 0.25) is 0 Å². The van der Waals surface area contributed by atoms with Crippen LogP contribution < -0.4 is 10.2 Å². The lowest BCUT2D eigenvalue weighted by Gasteiger charge is -2.35. The number of fused-ring (bicyclic) bond motifs is 5. The Bertz CT molecular complexity index is 1150. The number of hydrogen-bond acceptors (Lipinski definition) is 8. The van der Waals surface area contributed by atoms with Crippen LogP contribution in [0.3, 0.4) is 0 Å². The number of benzene rings is 2. The van der Waals surface area contributed by atoms with Gasteiger partial charge in [0.25, 0.3) is 0 Å². The number of β-amino-alcohol motifs (C(OH)–C–C–N with tert-alkyl or cyclic N) is 1. The van der Waals surface area contributed by atoms with E-state index in [1.807, 2.05) is 48.5 Å². The number of carbonyl (C=O) groups excluding carboxylic acids is 2. The summed E-state index contributed by atoms with van der Waals surface area (Å²) in [6.07, 6.45) is 3.77. The molecule has 0 spiro atoms. The number of anilines is 1. The van der Waals surface area contributed by atoms with E-state index in [1.165, 1.54) is 0 Å². The second kappa shape index (κ2) is 14.1. The minimum atomic E-state index is -0.289. The van der Waals surface area contributed by atoms with Crippen LogP contribution in [0.5, 0.6) is 0 Å². The molecule has 4 rings (SSSR count). The number of nitrogens with one attached hydrogen (secondary N) is 1. The maximum atomic E-state index is 13.6. The molecule has 2 aliphatic rings. The van der Waals surface area contributed by atoms with E-state index in [4.69, 9.17) is 4.52 Å². The molecule has 2 aromatic rings. The van der Waals surface area contributed by atoms with Gasteiger partial charge < -0.3 is 15.3 Å². The van der Waals surface area contributed by atoms with E-state index in [9.17, 15) is 19.3 Å². The Morgan fingerprint density at radius 1 is 1.03 bits per heavy atom. The van der Waals surface area contributed by atoms with Crippen molar-refractivity contribution in [1.29, 1.82) is 0 Å². The first-order valence-electron chi connectivity index (χ1n) is 13.1. The predicted octanol–water partition coefficient (Wildman–Crippen LogP) is 4.67. The Morgan fingerprint density at radius 3 is 2.61 bits per heavy atom. The third kappa shape index (κ3) is 6.81. The molecule has 2 heterocycles. The summed E-state index contributed by atoms with van der Waals surface area (Å²) in [5, 5.41) is 23.2. The van der Waals surface area contributed by atoms with Crippen LogP contribution in [0.4, 0.5) is 5.69 Å². The molecule has 0 saturated heterocycles. The Labute approximate surface area is 224 Å². The quantitative estimate of drug-likeness (QED) is 0.282. The van der Waals surface area contributed by atoms with Crippen LogP contribution in [0.1, 0.15) is 67.3 Å². The minimum Gasteiger partial charge on any atom is -0.394 e. The molecule has 11 heteroatoms. The molecule has 10 nitrogen and oxygen atoms in total. The molecule has 38 heavy (non-hydrogen) atoms. The largest absolute Gasteiger partial charge is 0.394 e. The molecule has 0 fully saturated rings. The average Bonchev–Trinajstić information content (AvgIpc) is 3.34. The van der Waals surface area contributed by atoms with Gasteiger partial charge in [0.2, 0.25) is 11.8 Å². The minimum absolute atomic E-state index is 0.0562. The molecule has 0 aromatic heterocycles. The lowest BCUT2D eigenvalue weighted by Crippen LogP contribution is -2.36. The summed E-state index contributed by atoms with van der Waals surface area (Å²) >= 11 is 0. The molecule has 202 valence electrons. The molecule has 2 aromatic carbocycles. The highest BCUT2D eigenvalue weighted by atomic mass is 31.1. The predicted molar refractivity (Wildman–Crippen MR) is 142 cm³/mol. The molecule has 0 bridgehead atoms. The molecule has 2 aliphatic heterocycles. The van der Waals surface area contributed by atoms with Gasteiger partial charge in [-0.15, -0.1) is 0 Å². The highest BCUT2D eigenvalue weighted by Gasteiger charge is 2.40. The summed E-state index contributed by atoms with van der Waals surface area (Å²) in [6, 6.07) is 15.2. The van der Waals surface area contributed by atoms with Gasteiger partial charge in [-0.3, -0.25) is 19.1 Å². The van der Waals surface area contributed by atoms with E-state index in [1.54, 1.807) is 9.91 Å². The number of aliphatic hydroxyl groups is 1. The molecule has 2 atom stereocenters. The van der Waals surface area contributed by atoms with E-state index in [-0.39, 0.29) is 52.0 Å². The van der Waals surface area contributed by atoms with Crippen LogP contribution in [-0.4, -0.2) is 48.2 Å². The van der Waals surface area contributed by atoms with Crippen molar-refractivity contribution in [2.24, 2.45) is 10.3 Å². The van der Waals surface area contributed by atoms with Crippen molar-refractivity contribution in [1.82, 2.24) is 10.3 Å². The summed E-state index contributed by atoms with van der Waals surface area (Å²) < 4.78 is 15.0. The molecule has 2 amide bonds. The second-order valence-corrected chi connectivity index (χ2v) is 9.80. The average molecular weight is 540 g/mol. The number of carbonyl (C=O) groups is 2. The second-order valence-electron chi connectivity index (χ2n) is 9.39. The van der Waals surface area contributed by atoms with Crippen LogP contribution in [0, 0.1) is 0 Å². The summed E-state index contributed by atoms with van der Waals surface area (Å²) in [4.78, 5) is 27.8. The van der Waals surface area contributed by atoms with Crippen molar-refractivity contribution in [3.8, 4) is 0 Å². The van der Waals surface area contributed by atoms with Crippen molar-refractivity contribution in [2.45, 2.75) is 57.2 Å². The first-order chi connectivity index (χ1) is 18.6. The zero-order valence-electron chi connectivity index (χ0n) is 21.4. The van der Waals surface area contributed by atoms with Gasteiger partial charge in [0, 0.05) is 30.6 Å². The SMILES string of the molecule is O=POCCCCCCNC(=O)CCC(=O)N1Cc2ccccc2C2N=NN(CCO)C2c2ccccc21. The molecular weight excluding hydrogens is 505 g/mol. The highest BCUT2D eigenvalue weighted by molar-refractivity contribution is 7.17. The Hall–Kier alpha value is -3.20. The monoisotopic (exact) mass is 539 g/mol. The first kappa shape index (κ1) is 27.8. The lowest BCUT2D eigenvalue weighted by molar-refractivity contribution is -0.125. The van der Waals surface area contributed by atoms with Crippen LogP contribution in [0.25, 0.3) is 0 Å². The number of aliphatic hydroxyl groups excluding tert-OH is 1. The lowest BCUT2D eigenvalue weighted by atomic mass is 9.87. The summed E-state index contributed by atoms with van der Waals surface area (Å²) in [6.45, 7) is 1.68. The molecule has 0 saturated carbocycles. The smallest absolute Gasteiger partial charge is 0.327 e. The van der Waals surface area contributed by atoms with Crippen LogP contribution in [0.15, 0.2) is 58.9 Å². The molecular formula is C27H34N5O5P. The van der Waals surface area contributed by atoms with Crippen molar-refractivity contribution in [2.75, 3.05) is 31.2 Å². The van der Waals surface area contributed by atoms with Crippen molar-refractivity contribution < 1.29 is 23.8 Å². The fourth-order valence-electron chi connectivity index (χ4n) is 5.04. The molecule has 2 unspecified atom stereocenters. The maximum Gasteiger partial charge on any atom is 0.327 e. The van der Waals surface area contributed by atoms with E-state index < -0.39 is 0 Å². The van der Waals surface area contributed by atoms with Gasteiger partial charge in [0.05, 0.1) is 26.3 Å². The fourth-order valence-corrected chi connectivity index (χ4v) is 5.24. The molecule has 2 N–H and O–H groups in total. The Balaban J connectivity index is 1.42. The van der Waals surface area contributed by atoms with Crippen molar-refractivity contribution >= 4 is 26.2 Å². The number of hydrogen-bond donors (Lipinski definition) is 2. The third-order valence-corrected chi connectivity index (χ3v) is 7.18. The van der Waals surface area contributed by atoms with Gasteiger partial charge in [-0.2, -0.15) is 5.11 Å². The zero-order chi connectivity index (χ0) is 26.7. The van der Waals surface area contributed by atoms with E-state index in [0.717, 1.165) is 48.1 Å². The molecule has 0 aliphatic carbocycles. The van der Waals surface area contributed by atoms with Gasteiger partial charge in [-0.25, -0.2) is 4.57 Å². The van der Waals surface area contributed by atoms with Gasteiger partial charge >= 0.3 is 8.69 Å². The van der Waals surface area contributed by atoms with E-state index >= 15 is 0 Å². The van der Waals surface area contributed by atoms with Gasteiger partial charge in [-0.05, 0) is 30.0 Å². The Morgan fingerprint density at radius 2 is 1.79 bits per heavy atom. The highest BCUT2D eigenvalue weighted by Crippen LogP contribution is 2.47. The van der Waals surface area contributed by atoms with Gasteiger partial charge in [0.15, 0.2) is 0 Å².